The van der Waals surface area contributed by atoms with Crippen LogP contribution in [0.3, 0.4) is 0 Å². The van der Waals surface area contributed by atoms with Crippen molar-refractivity contribution in [3.8, 4) is 0 Å². The second-order valence-electron chi connectivity index (χ2n) is 12.2. The van der Waals surface area contributed by atoms with E-state index in [-0.39, 0.29) is 37.7 Å². The fraction of sp³-hybridized carbons (Fsp3) is 0.724. The van der Waals surface area contributed by atoms with Gasteiger partial charge in [0.15, 0.2) is 5.96 Å². The van der Waals surface area contributed by atoms with Crippen LogP contribution in [0.2, 0.25) is 0 Å². The van der Waals surface area contributed by atoms with E-state index in [4.69, 9.17) is 28.7 Å². The molecule has 0 bridgehead atoms. The summed E-state index contributed by atoms with van der Waals surface area (Å²) in [5.41, 5.74) is 27.5. The van der Waals surface area contributed by atoms with E-state index in [1.807, 2.05) is 0 Å². The third-order valence-corrected chi connectivity index (χ3v) is 7.19. The van der Waals surface area contributed by atoms with Gasteiger partial charge in [0, 0.05) is 6.54 Å². The number of hydrogen-bond donors (Lipinski definition) is 11. The van der Waals surface area contributed by atoms with Crippen LogP contribution in [0.4, 0.5) is 0 Å². The molecule has 0 fully saturated rings. The van der Waals surface area contributed by atoms with E-state index < -0.39 is 90.0 Å². The smallest absolute Gasteiger partial charge is 0.325 e. The number of amides is 6. The summed E-state index contributed by atoms with van der Waals surface area (Å²) in [6.45, 7) is 8.35. The van der Waals surface area contributed by atoms with Crippen LogP contribution in [0.25, 0.3) is 0 Å². The molecule has 16 N–H and O–H groups in total. The number of nitrogens with zero attached hydrogens (tertiary/aromatic N) is 1. The molecule has 0 aliphatic rings. The highest BCUT2D eigenvalue weighted by Gasteiger charge is 2.34. The SMILES string of the molecule is CC(C)[C@H](N)C(=O)N[C@@H](CC(N)=O)C(=O)N[C@H](C(=O)N[C@@H](CCCCN)C(=O)N[C@@H](CCCN=C(N)N)C(=O)N[C@@H](C)C(=O)O)C(C)C. The molecule has 0 rings (SSSR count). The lowest BCUT2D eigenvalue weighted by Gasteiger charge is -2.28. The molecule has 6 atom stereocenters. The maximum atomic E-state index is 13.5. The number of carboxylic acids is 1. The summed E-state index contributed by atoms with van der Waals surface area (Å²) >= 11 is 0. The minimum atomic E-state index is -1.43. The lowest BCUT2D eigenvalue weighted by atomic mass is 10.00. The van der Waals surface area contributed by atoms with Crippen LogP contribution in [0.15, 0.2) is 4.99 Å². The number of aliphatic imine (C=N–C) groups is 1. The summed E-state index contributed by atoms with van der Waals surface area (Å²) < 4.78 is 0. The zero-order chi connectivity index (χ0) is 37.1. The molecule has 0 aromatic rings. The summed E-state index contributed by atoms with van der Waals surface area (Å²) in [6.07, 6.45) is 0.737. The molecule has 274 valence electrons. The van der Waals surface area contributed by atoms with Gasteiger partial charge in [-0.05, 0) is 57.4 Å². The third kappa shape index (κ3) is 16.9. The number of carbonyl (C=O) groups is 7. The monoisotopic (exact) mass is 685 g/mol. The van der Waals surface area contributed by atoms with Crippen LogP contribution in [0.5, 0.6) is 0 Å². The van der Waals surface area contributed by atoms with Crippen LogP contribution in [0, 0.1) is 11.8 Å². The quantitative estimate of drug-likeness (QED) is 0.0280. The molecule has 0 saturated carbocycles. The number of carboxylic acid groups (broad SMARTS) is 1. The van der Waals surface area contributed by atoms with Gasteiger partial charge in [-0.15, -0.1) is 0 Å². The first-order valence-corrected chi connectivity index (χ1v) is 15.9. The zero-order valence-corrected chi connectivity index (χ0v) is 28.4. The number of nitrogens with two attached hydrogens (primary N) is 5. The number of hydrogen-bond acceptors (Lipinski definition) is 10. The molecule has 0 aliphatic heterocycles. The van der Waals surface area contributed by atoms with Gasteiger partial charge in [0.05, 0.1) is 12.5 Å². The Hall–Kier alpha value is -4.52. The number of primary amides is 1. The molecule has 48 heavy (non-hydrogen) atoms. The second kappa shape index (κ2) is 22.1. The predicted molar refractivity (Wildman–Crippen MR) is 177 cm³/mol. The van der Waals surface area contributed by atoms with Gasteiger partial charge in [-0.2, -0.15) is 0 Å². The van der Waals surface area contributed by atoms with Crippen molar-refractivity contribution < 1.29 is 38.7 Å². The summed E-state index contributed by atoms with van der Waals surface area (Å²) in [5, 5.41) is 21.6. The minimum absolute atomic E-state index is 0.0300. The molecule has 0 aromatic heterocycles. The van der Waals surface area contributed by atoms with Gasteiger partial charge in [0.2, 0.25) is 35.4 Å². The van der Waals surface area contributed by atoms with E-state index in [0.29, 0.717) is 19.4 Å². The van der Waals surface area contributed by atoms with E-state index in [0.717, 1.165) is 0 Å². The molecule has 0 aliphatic carbocycles. The lowest BCUT2D eigenvalue weighted by Crippen LogP contribution is -2.60. The summed E-state index contributed by atoms with van der Waals surface area (Å²) in [6, 6.07) is -7.30. The third-order valence-electron chi connectivity index (χ3n) is 7.19. The maximum absolute atomic E-state index is 13.5. The fourth-order valence-corrected chi connectivity index (χ4v) is 4.21. The van der Waals surface area contributed by atoms with E-state index in [1.54, 1.807) is 27.7 Å². The van der Waals surface area contributed by atoms with Crippen LogP contribution in [0.1, 0.15) is 73.1 Å². The van der Waals surface area contributed by atoms with Crippen LogP contribution in [-0.2, 0) is 33.6 Å². The van der Waals surface area contributed by atoms with E-state index >= 15 is 0 Å². The fourth-order valence-electron chi connectivity index (χ4n) is 4.21. The van der Waals surface area contributed by atoms with Crippen molar-refractivity contribution in [2.75, 3.05) is 13.1 Å². The molecule has 0 spiro atoms. The molecular formula is C29H55N11O8. The molecule has 0 heterocycles. The topological polar surface area (TPSA) is 342 Å². The first kappa shape index (κ1) is 43.5. The van der Waals surface area contributed by atoms with Crippen molar-refractivity contribution in [1.82, 2.24) is 26.6 Å². The molecule has 19 nitrogen and oxygen atoms in total. The van der Waals surface area contributed by atoms with Gasteiger partial charge in [-0.25, -0.2) is 0 Å². The maximum Gasteiger partial charge on any atom is 0.325 e. The molecule has 0 aromatic carbocycles. The Morgan fingerprint density at radius 1 is 0.646 bits per heavy atom. The molecule has 6 amide bonds. The Labute approximate surface area is 280 Å². The number of unbranched alkanes of at least 4 members (excludes halogenated alkanes) is 1. The van der Waals surface area contributed by atoms with E-state index in [9.17, 15) is 38.7 Å². The normalized spacial score (nSPS) is 14.8. The van der Waals surface area contributed by atoms with Crippen molar-refractivity contribution in [3.05, 3.63) is 0 Å². The predicted octanol–water partition coefficient (Wildman–Crippen LogP) is -3.79. The average molecular weight is 686 g/mol. The van der Waals surface area contributed by atoms with Gasteiger partial charge >= 0.3 is 5.97 Å². The van der Waals surface area contributed by atoms with Gasteiger partial charge in [0.1, 0.15) is 30.2 Å². The molecule has 19 heteroatoms. The van der Waals surface area contributed by atoms with Crippen LogP contribution < -0.4 is 55.3 Å². The number of rotatable bonds is 23. The Bertz CT molecular complexity index is 1140. The zero-order valence-electron chi connectivity index (χ0n) is 28.4. The van der Waals surface area contributed by atoms with Crippen LogP contribution in [-0.4, -0.2) is 102 Å². The Morgan fingerprint density at radius 2 is 1.15 bits per heavy atom. The van der Waals surface area contributed by atoms with Crippen molar-refractivity contribution in [1.29, 1.82) is 0 Å². The summed E-state index contributed by atoms with van der Waals surface area (Å²) in [7, 11) is 0. The van der Waals surface area contributed by atoms with Gasteiger partial charge < -0.3 is 60.4 Å². The summed E-state index contributed by atoms with van der Waals surface area (Å²) in [5.74, 6) is -7.00. The highest BCUT2D eigenvalue weighted by atomic mass is 16.4. The standard InChI is InChI=1S/C29H55N11O8/c1-14(2)21(32)26(45)39-19(13-20(31)41)25(44)40-22(15(3)4)27(46)38-17(9-6-7-11-30)24(43)37-18(10-8-12-35-29(33)34)23(42)36-16(5)28(47)48/h14-19,21-22H,6-13,30,32H2,1-5H3,(H2,31,41)(H,36,42)(H,37,43)(H,38,46)(H,39,45)(H,40,44)(H,47,48)(H4,33,34,35)/t16-,17-,18-,19-,21-,22-/m0/s1. The second-order valence-corrected chi connectivity index (χ2v) is 12.2. The Balaban J connectivity index is 6.09. The van der Waals surface area contributed by atoms with Crippen molar-refractivity contribution >= 4 is 47.4 Å². The molecule has 0 unspecified atom stereocenters. The van der Waals surface area contributed by atoms with Crippen molar-refractivity contribution in [2.24, 2.45) is 45.5 Å². The lowest BCUT2D eigenvalue weighted by molar-refractivity contribution is -0.142. The first-order valence-electron chi connectivity index (χ1n) is 15.9. The van der Waals surface area contributed by atoms with Crippen LogP contribution >= 0.6 is 0 Å². The molecule has 0 saturated heterocycles. The van der Waals surface area contributed by atoms with Gasteiger partial charge in [-0.1, -0.05) is 27.7 Å². The number of guanidine groups is 1. The van der Waals surface area contributed by atoms with Gasteiger partial charge in [0.25, 0.3) is 0 Å². The number of aliphatic carboxylic acids is 1. The number of carbonyl (C=O) groups excluding carboxylic acids is 6. The van der Waals surface area contributed by atoms with Gasteiger partial charge in [-0.3, -0.25) is 38.6 Å². The molecular weight excluding hydrogens is 630 g/mol. The highest BCUT2D eigenvalue weighted by molar-refractivity contribution is 5.97. The average Bonchev–Trinajstić information content (AvgIpc) is 2.98. The minimum Gasteiger partial charge on any atom is -0.480 e. The first-order chi connectivity index (χ1) is 22.3. The van der Waals surface area contributed by atoms with E-state index in [2.05, 4.69) is 31.6 Å². The molecule has 0 radical (unpaired) electrons. The highest BCUT2D eigenvalue weighted by Crippen LogP contribution is 2.09. The Kier molecular flexibility index (Phi) is 20.0. The largest absolute Gasteiger partial charge is 0.480 e. The van der Waals surface area contributed by atoms with Crippen molar-refractivity contribution in [3.63, 3.8) is 0 Å². The van der Waals surface area contributed by atoms with E-state index in [1.165, 1.54) is 6.92 Å². The summed E-state index contributed by atoms with van der Waals surface area (Å²) in [4.78, 5) is 92.6. The Morgan fingerprint density at radius 3 is 1.62 bits per heavy atom. The van der Waals surface area contributed by atoms with Crippen molar-refractivity contribution in [2.45, 2.75) is 109 Å². The number of nitrogens with one attached hydrogen (secondary N) is 5.